The lowest BCUT2D eigenvalue weighted by atomic mass is 9.82. The van der Waals surface area contributed by atoms with E-state index in [0.29, 0.717) is 5.41 Å². The molecule has 0 atom stereocenters. The van der Waals surface area contributed by atoms with Crippen LogP contribution in [0.5, 0.6) is 0 Å². The van der Waals surface area contributed by atoms with Crippen LogP contribution >= 0.6 is 0 Å². The van der Waals surface area contributed by atoms with Crippen LogP contribution < -0.4 is 0 Å². The zero-order chi connectivity index (χ0) is 8.32. The summed E-state index contributed by atoms with van der Waals surface area (Å²) in [6.07, 6.45) is 1.19. The zero-order valence-electron chi connectivity index (χ0n) is 7.59. The molecular weight excluding hydrogens is 156 g/mol. The van der Waals surface area contributed by atoms with Crippen LogP contribution in [0.1, 0.15) is 47.6 Å². The number of hydrogen-bond donors (Lipinski definition) is 0. The molecule has 1 rings (SSSR count). The third kappa shape index (κ3) is 3.63. The van der Waals surface area contributed by atoms with E-state index in [1.807, 2.05) is 0 Å². The quantitative estimate of drug-likeness (QED) is 0.621. The maximum absolute atomic E-state index is 2.28. The van der Waals surface area contributed by atoms with Gasteiger partial charge in [0.2, 0.25) is 0 Å². The Labute approximate surface area is 84.0 Å². The first-order valence-electron chi connectivity index (χ1n) is 4.22. The molecule has 0 heteroatoms. The van der Waals surface area contributed by atoms with E-state index >= 15 is 0 Å². The molecule has 0 spiro atoms. The summed E-state index contributed by atoms with van der Waals surface area (Å²) in [6.45, 7) is 6.79. The Morgan fingerprint density at radius 2 is 1.46 bits per heavy atom. The molecule has 1 aromatic carbocycles. The predicted octanol–water partition coefficient (Wildman–Crippen LogP) is 4.65. The minimum atomic E-state index is 0. The molecule has 0 heterocycles. The summed E-state index contributed by atoms with van der Waals surface area (Å²) in [7, 11) is 0. The van der Waals surface area contributed by atoms with Crippen molar-refractivity contribution in [2.45, 2.75) is 47.5 Å². The molecule has 13 heavy (non-hydrogen) atoms. The summed E-state index contributed by atoms with van der Waals surface area (Å²) >= 11 is 0. The van der Waals surface area contributed by atoms with Crippen LogP contribution in [0.15, 0.2) is 30.3 Å². The predicted molar refractivity (Wildman–Crippen MR) is 63.2 cm³/mol. The SMILES string of the molecule is C.C.CCC(C)(C)c1ccccc1. The van der Waals surface area contributed by atoms with Crippen LogP contribution in [0.25, 0.3) is 0 Å². The maximum atomic E-state index is 2.28. The lowest BCUT2D eigenvalue weighted by Crippen LogP contribution is -2.14. The van der Waals surface area contributed by atoms with E-state index in [1.54, 1.807) is 0 Å². The van der Waals surface area contributed by atoms with Crippen molar-refractivity contribution in [2.75, 3.05) is 0 Å². The lowest BCUT2D eigenvalue weighted by Gasteiger charge is -2.22. The summed E-state index contributed by atoms with van der Waals surface area (Å²) in [5.74, 6) is 0. The van der Waals surface area contributed by atoms with E-state index in [2.05, 4.69) is 51.1 Å². The molecule has 0 fully saturated rings. The van der Waals surface area contributed by atoms with E-state index in [0.717, 1.165) is 0 Å². The molecule has 0 aliphatic carbocycles. The Balaban J connectivity index is 0. The molecule has 0 amide bonds. The van der Waals surface area contributed by atoms with Gasteiger partial charge in [0, 0.05) is 0 Å². The average molecular weight is 180 g/mol. The van der Waals surface area contributed by atoms with Gasteiger partial charge in [-0.3, -0.25) is 0 Å². The number of rotatable bonds is 2. The van der Waals surface area contributed by atoms with Gasteiger partial charge in [0.25, 0.3) is 0 Å². The minimum Gasteiger partial charge on any atom is -0.0776 e. The third-order valence-electron chi connectivity index (χ3n) is 2.44. The monoisotopic (exact) mass is 180 g/mol. The van der Waals surface area contributed by atoms with Crippen molar-refractivity contribution in [1.82, 2.24) is 0 Å². The third-order valence-corrected chi connectivity index (χ3v) is 2.44. The van der Waals surface area contributed by atoms with E-state index in [-0.39, 0.29) is 14.9 Å². The zero-order valence-corrected chi connectivity index (χ0v) is 7.59. The Morgan fingerprint density at radius 3 is 1.85 bits per heavy atom. The van der Waals surface area contributed by atoms with Gasteiger partial charge in [0.1, 0.15) is 0 Å². The van der Waals surface area contributed by atoms with Gasteiger partial charge in [0.05, 0.1) is 0 Å². The van der Waals surface area contributed by atoms with Gasteiger partial charge in [0.15, 0.2) is 0 Å². The van der Waals surface area contributed by atoms with Crippen LogP contribution in [0.2, 0.25) is 0 Å². The highest BCUT2D eigenvalue weighted by atomic mass is 14.2. The molecule has 76 valence electrons. The Bertz CT molecular complexity index is 209. The van der Waals surface area contributed by atoms with E-state index in [4.69, 9.17) is 0 Å². The van der Waals surface area contributed by atoms with Crippen molar-refractivity contribution < 1.29 is 0 Å². The van der Waals surface area contributed by atoms with Gasteiger partial charge in [-0.15, -0.1) is 0 Å². The van der Waals surface area contributed by atoms with Crippen molar-refractivity contribution in [3.63, 3.8) is 0 Å². The molecule has 0 bridgehead atoms. The van der Waals surface area contributed by atoms with Gasteiger partial charge in [-0.1, -0.05) is 66.0 Å². The van der Waals surface area contributed by atoms with Gasteiger partial charge < -0.3 is 0 Å². The first kappa shape index (κ1) is 14.7. The maximum Gasteiger partial charge on any atom is -0.0106 e. The van der Waals surface area contributed by atoms with Crippen molar-refractivity contribution in [3.8, 4) is 0 Å². The van der Waals surface area contributed by atoms with Crippen molar-refractivity contribution >= 4 is 0 Å². The largest absolute Gasteiger partial charge is 0.0776 e. The highest BCUT2D eigenvalue weighted by Gasteiger charge is 2.16. The molecule has 0 N–H and O–H groups in total. The first-order chi connectivity index (χ1) is 5.17. The molecule has 0 unspecified atom stereocenters. The number of benzene rings is 1. The van der Waals surface area contributed by atoms with Crippen LogP contribution in [-0.4, -0.2) is 0 Å². The summed E-state index contributed by atoms with van der Waals surface area (Å²) in [6, 6.07) is 10.7. The van der Waals surface area contributed by atoms with Gasteiger partial charge in [-0.25, -0.2) is 0 Å². The Hall–Kier alpha value is -0.780. The van der Waals surface area contributed by atoms with Crippen molar-refractivity contribution in [3.05, 3.63) is 35.9 Å². The second kappa shape index (κ2) is 5.80. The number of hydrogen-bond acceptors (Lipinski definition) is 0. The molecular formula is C13H24. The molecule has 0 aliphatic heterocycles. The summed E-state index contributed by atoms with van der Waals surface area (Å²) < 4.78 is 0. The van der Waals surface area contributed by atoms with Crippen LogP contribution in [0, 0.1) is 0 Å². The summed E-state index contributed by atoms with van der Waals surface area (Å²) in [5, 5.41) is 0. The van der Waals surface area contributed by atoms with E-state index in [1.165, 1.54) is 12.0 Å². The molecule has 0 radical (unpaired) electrons. The fourth-order valence-electron chi connectivity index (χ4n) is 1.09. The van der Waals surface area contributed by atoms with Crippen molar-refractivity contribution in [1.29, 1.82) is 0 Å². The molecule has 0 saturated carbocycles. The standard InChI is InChI=1S/C11H16.2CH4/c1-4-11(2,3)10-8-6-5-7-9-10;;/h5-9H,4H2,1-3H3;2*1H4. The second-order valence-corrected chi connectivity index (χ2v) is 3.60. The summed E-state index contributed by atoms with van der Waals surface area (Å²) in [5.41, 5.74) is 1.77. The molecule has 1 aromatic rings. The van der Waals surface area contributed by atoms with Crippen LogP contribution in [-0.2, 0) is 5.41 Å². The van der Waals surface area contributed by atoms with Gasteiger partial charge >= 0.3 is 0 Å². The molecule has 0 saturated heterocycles. The highest BCUT2D eigenvalue weighted by molar-refractivity contribution is 5.22. The smallest absolute Gasteiger partial charge is 0.0106 e. The molecule has 0 aliphatic rings. The topological polar surface area (TPSA) is 0 Å². The molecule has 0 aromatic heterocycles. The van der Waals surface area contributed by atoms with Crippen LogP contribution in [0.4, 0.5) is 0 Å². The average Bonchev–Trinajstić information content (AvgIpc) is 2.06. The van der Waals surface area contributed by atoms with Crippen molar-refractivity contribution in [2.24, 2.45) is 0 Å². The Kier molecular flexibility index (Phi) is 6.57. The molecule has 0 nitrogen and oxygen atoms in total. The second-order valence-electron chi connectivity index (χ2n) is 3.60. The fourth-order valence-corrected chi connectivity index (χ4v) is 1.09. The lowest BCUT2D eigenvalue weighted by molar-refractivity contribution is 0.506. The van der Waals surface area contributed by atoms with Gasteiger partial charge in [-0.2, -0.15) is 0 Å². The Morgan fingerprint density at radius 1 is 1.00 bits per heavy atom. The van der Waals surface area contributed by atoms with E-state index < -0.39 is 0 Å². The minimum absolute atomic E-state index is 0. The van der Waals surface area contributed by atoms with Gasteiger partial charge in [-0.05, 0) is 17.4 Å². The van der Waals surface area contributed by atoms with Crippen LogP contribution in [0.3, 0.4) is 0 Å². The normalized spacial score (nSPS) is 9.77. The fraction of sp³-hybridized carbons (Fsp3) is 0.538. The summed E-state index contributed by atoms with van der Waals surface area (Å²) in [4.78, 5) is 0. The first-order valence-corrected chi connectivity index (χ1v) is 4.22. The highest BCUT2D eigenvalue weighted by Crippen LogP contribution is 2.25. The van der Waals surface area contributed by atoms with E-state index in [9.17, 15) is 0 Å².